The van der Waals surface area contributed by atoms with E-state index in [9.17, 15) is 9.18 Å². The van der Waals surface area contributed by atoms with Crippen LogP contribution in [0.25, 0.3) is 0 Å². The highest BCUT2D eigenvalue weighted by Gasteiger charge is 2.24. The van der Waals surface area contributed by atoms with Crippen LogP contribution in [0.1, 0.15) is 16.8 Å². The first-order valence-corrected chi connectivity index (χ1v) is 5.29. The molecular formula is C12H14FNO2. The van der Waals surface area contributed by atoms with Crippen LogP contribution in [0.5, 0.6) is 0 Å². The van der Waals surface area contributed by atoms with Crippen molar-refractivity contribution in [1.82, 2.24) is 4.90 Å². The van der Waals surface area contributed by atoms with Gasteiger partial charge >= 0.3 is 0 Å². The number of benzene rings is 1. The average molecular weight is 223 g/mol. The highest BCUT2D eigenvalue weighted by atomic mass is 19.1. The summed E-state index contributed by atoms with van der Waals surface area (Å²) in [4.78, 5) is 13.7. The van der Waals surface area contributed by atoms with E-state index in [1.165, 1.54) is 24.3 Å². The Morgan fingerprint density at radius 2 is 2.12 bits per heavy atom. The van der Waals surface area contributed by atoms with E-state index in [4.69, 9.17) is 4.74 Å². The number of hydrogen-bond acceptors (Lipinski definition) is 2. The van der Waals surface area contributed by atoms with E-state index >= 15 is 0 Å². The van der Waals surface area contributed by atoms with Crippen molar-refractivity contribution in [3.63, 3.8) is 0 Å². The maximum Gasteiger partial charge on any atom is 0.253 e. The van der Waals surface area contributed by atoms with Crippen molar-refractivity contribution in [3.8, 4) is 0 Å². The number of amides is 1. The highest BCUT2D eigenvalue weighted by Crippen LogP contribution is 2.14. The molecule has 1 heterocycles. The predicted octanol–water partition coefficient (Wildman–Crippen LogP) is 1.69. The molecule has 1 aromatic rings. The molecule has 1 aliphatic rings. The van der Waals surface area contributed by atoms with E-state index in [1.807, 2.05) is 0 Å². The lowest BCUT2D eigenvalue weighted by molar-refractivity contribution is 0.0711. The summed E-state index contributed by atoms with van der Waals surface area (Å²) in [5.74, 6) is -0.418. The van der Waals surface area contributed by atoms with Crippen molar-refractivity contribution in [1.29, 1.82) is 0 Å². The molecule has 0 unspecified atom stereocenters. The molecule has 1 aliphatic heterocycles. The molecule has 0 aromatic heterocycles. The number of carbonyl (C=O) groups excluding carboxylic acids is 1. The van der Waals surface area contributed by atoms with Crippen molar-refractivity contribution < 1.29 is 13.9 Å². The molecule has 16 heavy (non-hydrogen) atoms. The van der Waals surface area contributed by atoms with E-state index in [-0.39, 0.29) is 17.8 Å². The minimum Gasteiger partial charge on any atom is -0.379 e. The van der Waals surface area contributed by atoms with Gasteiger partial charge in [-0.25, -0.2) is 4.39 Å². The molecule has 1 amide bonds. The largest absolute Gasteiger partial charge is 0.379 e. The third kappa shape index (κ3) is 2.22. The van der Waals surface area contributed by atoms with Gasteiger partial charge in [-0.2, -0.15) is 0 Å². The number of nitrogens with zero attached hydrogens (tertiary/aromatic N) is 1. The fraction of sp³-hybridized carbons (Fsp3) is 0.417. The molecule has 2 rings (SSSR count). The normalized spacial score (nSPS) is 19.8. The lowest BCUT2D eigenvalue weighted by Crippen LogP contribution is -2.37. The van der Waals surface area contributed by atoms with Crippen LogP contribution in [-0.4, -0.2) is 37.1 Å². The van der Waals surface area contributed by atoms with Gasteiger partial charge in [-0.3, -0.25) is 4.79 Å². The quantitative estimate of drug-likeness (QED) is 0.763. The van der Waals surface area contributed by atoms with Gasteiger partial charge in [0.25, 0.3) is 5.91 Å². The van der Waals surface area contributed by atoms with Gasteiger partial charge in [0.15, 0.2) is 0 Å². The summed E-state index contributed by atoms with van der Waals surface area (Å²) in [6.45, 7) is 1.29. The molecule has 0 spiro atoms. The van der Waals surface area contributed by atoms with Crippen LogP contribution in [-0.2, 0) is 4.74 Å². The Hall–Kier alpha value is -1.42. The van der Waals surface area contributed by atoms with Crippen molar-refractivity contribution in [3.05, 3.63) is 35.6 Å². The maximum absolute atomic E-state index is 12.7. The van der Waals surface area contributed by atoms with Crippen LogP contribution in [0.2, 0.25) is 0 Å². The zero-order chi connectivity index (χ0) is 11.5. The molecule has 0 bridgehead atoms. The third-order valence-electron chi connectivity index (χ3n) is 2.86. The average Bonchev–Trinajstić information content (AvgIpc) is 2.81. The van der Waals surface area contributed by atoms with Crippen molar-refractivity contribution in [2.24, 2.45) is 0 Å². The van der Waals surface area contributed by atoms with Crippen molar-refractivity contribution in [2.75, 3.05) is 20.3 Å². The smallest absolute Gasteiger partial charge is 0.253 e. The van der Waals surface area contributed by atoms with Gasteiger partial charge in [-0.1, -0.05) is 0 Å². The molecule has 4 heteroatoms. The second-order valence-corrected chi connectivity index (χ2v) is 3.94. The van der Waals surface area contributed by atoms with Crippen molar-refractivity contribution >= 4 is 5.91 Å². The van der Waals surface area contributed by atoms with Crippen LogP contribution in [0.3, 0.4) is 0 Å². The molecule has 1 atom stereocenters. The lowest BCUT2D eigenvalue weighted by atomic mass is 10.1. The number of halogens is 1. The number of ether oxygens (including phenoxy) is 1. The monoisotopic (exact) mass is 223 g/mol. The van der Waals surface area contributed by atoms with Gasteiger partial charge in [-0.05, 0) is 30.7 Å². The number of likely N-dealkylation sites (N-methyl/N-ethyl adjacent to an activating group) is 1. The van der Waals surface area contributed by atoms with Crippen LogP contribution >= 0.6 is 0 Å². The van der Waals surface area contributed by atoms with Crippen LogP contribution in [0.15, 0.2) is 24.3 Å². The summed E-state index contributed by atoms with van der Waals surface area (Å²) in [7, 11) is 1.75. The molecule has 86 valence electrons. The summed E-state index contributed by atoms with van der Waals surface area (Å²) in [5.41, 5.74) is 0.510. The van der Waals surface area contributed by atoms with Gasteiger partial charge in [0.05, 0.1) is 12.6 Å². The predicted molar refractivity (Wildman–Crippen MR) is 57.7 cm³/mol. The van der Waals surface area contributed by atoms with E-state index in [2.05, 4.69) is 0 Å². The van der Waals surface area contributed by atoms with E-state index < -0.39 is 0 Å². The fourth-order valence-corrected chi connectivity index (χ4v) is 1.79. The third-order valence-corrected chi connectivity index (χ3v) is 2.86. The Bertz CT molecular complexity index is 371. The summed E-state index contributed by atoms with van der Waals surface area (Å²) < 4.78 is 17.9. The Morgan fingerprint density at radius 3 is 2.69 bits per heavy atom. The van der Waals surface area contributed by atoms with Crippen LogP contribution in [0, 0.1) is 5.82 Å². The maximum atomic E-state index is 12.7. The SMILES string of the molecule is CN(C(=O)c1ccc(F)cc1)[C@H]1CCOC1. The fourth-order valence-electron chi connectivity index (χ4n) is 1.79. The first-order valence-electron chi connectivity index (χ1n) is 5.29. The van der Waals surface area contributed by atoms with Crippen LogP contribution < -0.4 is 0 Å². The standard InChI is InChI=1S/C12H14FNO2/c1-14(11-6-7-16-8-11)12(15)9-2-4-10(13)5-3-9/h2-5,11H,6-8H2,1H3/t11-/m0/s1. The zero-order valence-corrected chi connectivity index (χ0v) is 9.15. The van der Waals surface area contributed by atoms with Gasteiger partial charge in [0, 0.05) is 19.2 Å². The van der Waals surface area contributed by atoms with E-state index in [1.54, 1.807) is 11.9 Å². The molecule has 0 saturated carbocycles. The second kappa shape index (κ2) is 4.61. The zero-order valence-electron chi connectivity index (χ0n) is 9.15. The molecular weight excluding hydrogens is 209 g/mol. The van der Waals surface area contributed by atoms with Crippen LogP contribution in [0.4, 0.5) is 4.39 Å². The Labute approximate surface area is 93.8 Å². The summed E-state index contributed by atoms with van der Waals surface area (Å²) in [6.07, 6.45) is 0.865. The molecule has 0 N–H and O–H groups in total. The number of rotatable bonds is 2. The Balaban J connectivity index is 2.08. The Morgan fingerprint density at radius 1 is 1.44 bits per heavy atom. The van der Waals surface area contributed by atoms with Gasteiger partial charge < -0.3 is 9.64 Å². The molecule has 0 radical (unpaired) electrons. The summed E-state index contributed by atoms with van der Waals surface area (Å²) in [5, 5.41) is 0. The Kier molecular flexibility index (Phi) is 3.19. The number of hydrogen-bond donors (Lipinski definition) is 0. The first-order chi connectivity index (χ1) is 7.68. The summed E-state index contributed by atoms with van der Waals surface area (Å²) >= 11 is 0. The molecule has 0 aliphatic carbocycles. The minimum atomic E-state index is -0.330. The molecule has 1 fully saturated rings. The van der Waals surface area contributed by atoms with Gasteiger partial charge in [-0.15, -0.1) is 0 Å². The van der Waals surface area contributed by atoms with Gasteiger partial charge in [0.2, 0.25) is 0 Å². The molecule has 1 saturated heterocycles. The number of carbonyl (C=O) groups is 1. The van der Waals surface area contributed by atoms with E-state index in [0.717, 1.165) is 6.42 Å². The topological polar surface area (TPSA) is 29.5 Å². The van der Waals surface area contributed by atoms with E-state index in [0.29, 0.717) is 18.8 Å². The minimum absolute atomic E-state index is 0.0875. The van der Waals surface area contributed by atoms with Gasteiger partial charge in [0.1, 0.15) is 5.82 Å². The lowest BCUT2D eigenvalue weighted by Gasteiger charge is -2.23. The summed E-state index contributed by atoms with van der Waals surface area (Å²) in [6, 6.07) is 5.74. The molecule has 3 nitrogen and oxygen atoms in total. The first kappa shape index (κ1) is 11.1. The second-order valence-electron chi connectivity index (χ2n) is 3.94. The highest BCUT2D eigenvalue weighted by molar-refractivity contribution is 5.94. The van der Waals surface area contributed by atoms with Crippen molar-refractivity contribution in [2.45, 2.75) is 12.5 Å². The molecule has 1 aromatic carbocycles.